The summed E-state index contributed by atoms with van der Waals surface area (Å²) < 4.78 is 6.26. The molecule has 0 atom stereocenters. The van der Waals surface area contributed by atoms with Gasteiger partial charge in [0.05, 0.1) is 5.41 Å². The van der Waals surface area contributed by atoms with Crippen molar-refractivity contribution in [2.75, 3.05) is 0 Å². The molecule has 0 aliphatic heterocycles. The van der Waals surface area contributed by atoms with E-state index in [1.54, 1.807) is 0 Å². The largest absolute Gasteiger partial charge is 0.456 e. The van der Waals surface area contributed by atoms with E-state index >= 15 is 0 Å². The predicted octanol–water partition coefficient (Wildman–Crippen LogP) is 17.5. The van der Waals surface area contributed by atoms with E-state index in [0.717, 1.165) is 21.9 Å². The molecule has 15 rings (SSSR count). The van der Waals surface area contributed by atoms with Crippen LogP contribution >= 0.6 is 0 Å². The minimum atomic E-state index is -0.463. The first-order chi connectivity index (χ1) is 32.8. The van der Waals surface area contributed by atoms with E-state index in [0.29, 0.717) is 0 Å². The average molecular weight is 835 g/mol. The Balaban J connectivity index is 0.958. The van der Waals surface area contributed by atoms with Gasteiger partial charge in [0, 0.05) is 10.8 Å². The lowest BCUT2D eigenvalue weighted by molar-refractivity contribution is 0.669. The number of para-hydroxylation sites is 1. The highest BCUT2D eigenvalue weighted by molar-refractivity contribution is 6.23. The maximum atomic E-state index is 6.26. The molecule has 13 aromatic rings. The predicted molar refractivity (Wildman–Crippen MR) is 276 cm³/mol. The van der Waals surface area contributed by atoms with E-state index in [1.165, 1.54) is 121 Å². The third kappa shape index (κ3) is 4.64. The first-order valence-corrected chi connectivity index (χ1v) is 23.0. The Morgan fingerprint density at radius 3 is 1.38 bits per heavy atom. The lowest BCUT2D eigenvalue weighted by Crippen LogP contribution is -2.26. The third-order valence-corrected chi connectivity index (χ3v) is 15.1. The molecule has 0 radical (unpaired) electrons. The van der Waals surface area contributed by atoms with Gasteiger partial charge in [0.15, 0.2) is 0 Å². The molecule has 304 valence electrons. The molecule has 1 aromatic heterocycles. The van der Waals surface area contributed by atoms with Crippen LogP contribution in [0.4, 0.5) is 0 Å². The highest BCUT2D eigenvalue weighted by atomic mass is 16.3. The highest BCUT2D eigenvalue weighted by Crippen LogP contribution is 2.65. The zero-order valence-corrected chi connectivity index (χ0v) is 35.8. The summed E-state index contributed by atoms with van der Waals surface area (Å²) in [5.41, 5.74) is 19.5. The molecule has 0 amide bonds. The maximum absolute atomic E-state index is 6.26. The summed E-state index contributed by atoms with van der Waals surface area (Å²) in [4.78, 5) is 0. The molecule has 0 saturated carbocycles. The van der Waals surface area contributed by atoms with Gasteiger partial charge in [-0.1, -0.05) is 206 Å². The van der Waals surface area contributed by atoms with Crippen molar-refractivity contribution in [3.8, 4) is 55.6 Å². The lowest BCUT2D eigenvalue weighted by Gasteiger charge is -2.31. The summed E-state index contributed by atoms with van der Waals surface area (Å²) in [6.07, 6.45) is 0. The zero-order valence-electron chi connectivity index (χ0n) is 35.8. The Kier molecular flexibility index (Phi) is 7.21. The topological polar surface area (TPSA) is 13.1 Å². The molecule has 12 aromatic carbocycles. The Morgan fingerprint density at radius 2 is 0.712 bits per heavy atom. The fraction of sp³-hybridized carbons (Fsp3) is 0.0154. The van der Waals surface area contributed by atoms with Crippen LogP contribution in [0.3, 0.4) is 0 Å². The average Bonchev–Trinajstić information content (AvgIpc) is 4.02. The molecule has 1 spiro atoms. The molecule has 66 heavy (non-hydrogen) atoms. The van der Waals surface area contributed by atoms with Crippen LogP contribution < -0.4 is 0 Å². The molecule has 1 heteroatoms. The molecule has 0 bridgehead atoms. The molecule has 1 nitrogen and oxygen atoms in total. The van der Waals surface area contributed by atoms with Crippen molar-refractivity contribution in [2.45, 2.75) is 5.41 Å². The second-order valence-corrected chi connectivity index (χ2v) is 18.2. The summed E-state index contributed by atoms with van der Waals surface area (Å²) in [6, 6.07) is 86.0. The number of benzene rings is 12. The second kappa shape index (κ2) is 13.3. The molecular weight excluding hydrogens is 797 g/mol. The van der Waals surface area contributed by atoms with Gasteiger partial charge in [-0.15, -0.1) is 0 Å². The highest BCUT2D eigenvalue weighted by Gasteiger charge is 2.52. The zero-order chi connectivity index (χ0) is 43.1. The molecule has 0 unspecified atom stereocenters. The fourth-order valence-electron chi connectivity index (χ4n) is 12.4. The van der Waals surface area contributed by atoms with Crippen molar-refractivity contribution < 1.29 is 4.42 Å². The van der Waals surface area contributed by atoms with Crippen LogP contribution in [-0.2, 0) is 5.41 Å². The van der Waals surface area contributed by atoms with Crippen LogP contribution in [-0.4, -0.2) is 0 Å². The van der Waals surface area contributed by atoms with E-state index in [2.05, 4.69) is 224 Å². The van der Waals surface area contributed by atoms with E-state index in [9.17, 15) is 0 Å². The van der Waals surface area contributed by atoms with Gasteiger partial charge in [-0.3, -0.25) is 0 Å². The monoisotopic (exact) mass is 834 g/mol. The Bertz CT molecular complexity index is 4120. The Labute approximate surface area is 381 Å². The smallest absolute Gasteiger partial charge is 0.135 e. The molecule has 0 N–H and O–H groups in total. The standard InChI is InChI=1S/C65H38O/c1-2-16-43-39(15-1)33-35-57-63(43)64-48-21-4-3-17-44(48)53(38-58(64)65(57)55-26-12-9-18-45(55)46-19-10-13-27-56(46)65)40-29-31-41(32-30-40)61-49-22-5-7-24-51(49)62(52-25-8-6-23-50(52)61)42-34-36-60-54(37-42)47-20-11-14-28-59(47)66-60/h1-38H. The summed E-state index contributed by atoms with van der Waals surface area (Å²) in [7, 11) is 0. The molecule has 0 saturated heterocycles. The molecule has 0 fully saturated rings. The van der Waals surface area contributed by atoms with Crippen molar-refractivity contribution in [2.24, 2.45) is 0 Å². The number of hydrogen-bond donors (Lipinski definition) is 0. The number of rotatable bonds is 3. The van der Waals surface area contributed by atoms with E-state index in [4.69, 9.17) is 4.42 Å². The van der Waals surface area contributed by atoms with Gasteiger partial charge in [-0.05, 0) is 145 Å². The van der Waals surface area contributed by atoms with Crippen molar-refractivity contribution in [1.29, 1.82) is 0 Å². The summed E-state index contributed by atoms with van der Waals surface area (Å²) in [5, 5.41) is 12.4. The molecule has 2 aliphatic carbocycles. The lowest BCUT2D eigenvalue weighted by atomic mass is 9.70. The SMILES string of the molecule is c1ccc2c(c1)-c1ccccc1C21c2ccc3ccccc3c2-c2c1cc(-c1ccc(-c3c4ccccc4c(-c4ccc5oc6ccccc6c5c4)c4ccccc34)cc1)c1ccccc21. The van der Waals surface area contributed by atoms with Gasteiger partial charge in [0.2, 0.25) is 0 Å². The van der Waals surface area contributed by atoms with Crippen molar-refractivity contribution >= 4 is 65.0 Å². The fourth-order valence-corrected chi connectivity index (χ4v) is 12.4. The van der Waals surface area contributed by atoms with Crippen LogP contribution in [0, 0.1) is 0 Å². The van der Waals surface area contributed by atoms with Gasteiger partial charge in [-0.2, -0.15) is 0 Å². The van der Waals surface area contributed by atoms with Gasteiger partial charge in [-0.25, -0.2) is 0 Å². The quantitative estimate of drug-likeness (QED) is 0.162. The molecule has 1 heterocycles. The summed E-state index contributed by atoms with van der Waals surface area (Å²) in [6.45, 7) is 0. The van der Waals surface area contributed by atoms with Gasteiger partial charge in [0.1, 0.15) is 11.2 Å². The van der Waals surface area contributed by atoms with Crippen LogP contribution in [0.15, 0.2) is 235 Å². The van der Waals surface area contributed by atoms with E-state index < -0.39 is 5.41 Å². The Morgan fingerprint density at radius 1 is 0.242 bits per heavy atom. The van der Waals surface area contributed by atoms with Crippen molar-refractivity contribution in [1.82, 2.24) is 0 Å². The van der Waals surface area contributed by atoms with Gasteiger partial charge < -0.3 is 4.42 Å². The van der Waals surface area contributed by atoms with E-state index in [-0.39, 0.29) is 0 Å². The first kappa shape index (κ1) is 35.9. The van der Waals surface area contributed by atoms with Crippen LogP contribution in [0.1, 0.15) is 22.3 Å². The molecule has 2 aliphatic rings. The van der Waals surface area contributed by atoms with Crippen LogP contribution in [0.25, 0.3) is 121 Å². The first-order valence-electron chi connectivity index (χ1n) is 23.0. The van der Waals surface area contributed by atoms with E-state index in [1.807, 2.05) is 6.07 Å². The number of fused-ring (bicyclic) bond motifs is 19. The van der Waals surface area contributed by atoms with Crippen LogP contribution in [0.2, 0.25) is 0 Å². The van der Waals surface area contributed by atoms with Gasteiger partial charge >= 0.3 is 0 Å². The molecular formula is C65H38O. The minimum absolute atomic E-state index is 0.463. The Hall–Kier alpha value is -8.52. The van der Waals surface area contributed by atoms with Crippen molar-refractivity contribution in [3.05, 3.63) is 253 Å². The minimum Gasteiger partial charge on any atom is -0.456 e. The number of hydrogen-bond acceptors (Lipinski definition) is 1. The normalized spacial score (nSPS) is 13.3. The third-order valence-electron chi connectivity index (χ3n) is 15.1. The summed E-state index contributed by atoms with van der Waals surface area (Å²) >= 11 is 0. The second-order valence-electron chi connectivity index (χ2n) is 18.2. The summed E-state index contributed by atoms with van der Waals surface area (Å²) in [5.74, 6) is 0. The van der Waals surface area contributed by atoms with Crippen molar-refractivity contribution in [3.63, 3.8) is 0 Å². The van der Waals surface area contributed by atoms with Crippen LogP contribution in [0.5, 0.6) is 0 Å². The number of furan rings is 1. The van der Waals surface area contributed by atoms with Gasteiger partial charge in [0.25, 0.3) is 0 Å². The maximum Gasteiger partial charge on any atom is 0.135 e.